The van der Waals surface area contributed by atoms with Crippen LogP contribution in [0.3, 0.4) is 0 Å². The van der Waals surface area contributed by atoms with Gasteiger partial charge >= 0.3 is 6.09 Å². The van der Waals surface area contributed by atoms with Gasteiger partial charge < -0.3 is 20.1 Å². The first kappa shape index (κ1) is 15.8. The molecule has 0 radical (unpaired) electrons. The number of amides is 1. The lowest BCUT2D eigenvalue weighted by Gasteiger charge is -2.28. The highest BCUT2D eigenvalue weighted by Gasteiger charge is 2.15. The van der Waals surface area contributed by atoms with Crippen LogP contribution in [-0.2, 0) is 11.3 Å². The molecule has 1 aromatic rings. The van der Waals surface area contributed by atoms with E-state index in [2.05, 4.69) is 10.2 Å². The Morgan fingerprint density at radius 2 is 1.95 bits per heavy atom. The van der Waals surface area contributed by atoms with Gasteiger partial charge in [0.25, 0.3) is 0 Å². The number of rotatable bonds is 6. The predicted octanol–water partition coefficient (Wildman–Crippen LogP) is 1.76. The predicted molar refractivity (Wildman–Crippen MR) is 80.9 cm³/mol. The van der Waals surface area contributed by atoms with E-state index in [1.165, 1.54) is 19.3 Å². The van der Waals surface area contributed by atoms with Crippen molar-refractivity contribution < 1.29 is 14.6 Å². The van der Waals surface area contributed by atoms with Crippen molar-refractivity contribution in [3.05, 3.63) is 35.9 Å². The van der Waals surface area contributed by atoms with E-state index >= 15 is 0 Å². The van der Waals surface area contributed by atoms with E-state index in [0.717, 1.165) is 18.7 Å². The molecule has 1 aliphatic rings. The van der Waals surface area contributed by atoms with E-state index in [1.807, 2.05) is 30.3 Å². The molecule has 2 N–H and O–H groups in total. The highest BCUT2D eigenvalue weighted by atomic mass is 16.5. The van der Waals surface area contributed by atoms with Crippen molar-refractivity contribution in [2.45, 2.75) is 32.0 Å². The number of aliphatic hydroxyl groups excluding tert-OH is 1. The number of likely N-dealkylation sites (tertiary alicyclic amines) is 1. The Labute approximate surface area is 125 Å². The lowest BCUT2D eigenvalue weighted by molar-refractivity contribution is 0.0927. The Morgan fingerprint density at radius 3 is 2.67 bits per heavy atom. The summed E-state index contributed by atoms with van der Waals surface area (Å²) < 4.78 is 5.09. The van der Waals surface area contributed by atoms with Crippen LogP contribution < -0.4 is 5.32 Å². The highest BCUT2D eigenvalue weighted by molar-refractivity contribution is 5.67. The number of piperidine rings is 1. The fraction of sp³-hybridized carbons (Fsp3) is 0.562. The number of carbonyl (C=O) groups excluding carboxylic acids is 1. The van der Waals surface area contributed by atoms with Crippen LogP contribution >= 0.6 is 0 Å². The Morgan fingerprint density at radius 1 is 1.24 bits per heavy atom. The molecule has 0 saturated carbocycles. The third-order valence-electron chi connectivity index (χ3n) is 3.61. The van der Waals surface area contributed by atoms with Gasteiger partial charge in [0.05, 0.1) is 6.10 Å². The second-order valence-corrected chi connectivity index (χ2v) is 5.46. The first-order chi connectivity index (χ1) is 10.2. The number of ether oxygens (including phenoxy) is 1. The Balaban J connectivity index is 1.59. The lowest BCUT2D eigenvalue weighted by Crippen LogP contribution is -2.42. The largest absolute Gasteiger partial charge is 0.445 e. The molecule has 0 aromatic heterocycles. The third-order valence-corrected chi connectivity index (χ3v) is 3.61. The second kappa shape index (κ2) is 8.64. The van der Waals surface area contributed by atoms with Gasteiger partial charge in [-0.25, -0.2) is 4.79 Å². The number of benzene rings is 1. The summed E-state index contributed by atoms with van der Waals surface area (Å²) in [6, 6.07) is 9.52. The second-order valence-electron chi connectivity index (χ2n) is 5.46. The topological polar surface area (TPSA) is 61.8 Å². The molecular formula is C16H24N2O3. The minimum absolute atomic E-state index is 0.226. The smallest absolute Gasteiger partial charge is 0.407 e. The van der Waals surface area contributed by atoms with Gasteiger partial charge in [-0.2, -0.15) is 0 Å². The SMILES string of the molecule is O=C(NC[C@H](O)CN1CCCCC1)OCc1ccccc1. The van der Waals surface area contributed by atoms with Gasteiger partial charge in [-0.1, -0.05) is 36.8 Å². The molecule has 21 heavy (non-hydrogen) atoms. The van der Waals surface area contributed by atoms with Gasteiger partial charge in [0.1, 0.15) is 6.61 Å². The number of hydrogen-bond donors (Lipinski definition) is 2. The van der Waals surface area contributed by atoms with E-state index in [0.29, 0.717) is 6.54 Å². The van der Waals surface area contributed by atoms with Crippen molar-refractivity contribution in [2.75, 3.05) is 26.2 Å². The summed E-state index contributed by atoms with van der Waals surface area (Å²) in [7, 11) is 0. The molecule has 1 amide bonds. The minimum atomic E-state index is -0.549. The van der Waals surface area contributed by atoms with Gasteiger partial charge in [0.2, 0.25) is 0 Å². The molecule has 1 heterocycles. The van der Waals surface area contributed by atoms with Crippen LogP contribution in [0.15, 0.2) is 30.3 Å². The van der Waals surface area contributed by atoms with Crippen LogP contribution in [0.5, 0.6) is 0 Å². The normalized spacial score (nSPS) is 17.2. The summed E-state index contributed by atoms with van der Waals surface area (Å²) in [4.78, 5) is 13.8. The molecule has 5 nitrogen and oxygen atoms in total. The average molecular weight is 292 g/mol. The highest BCUT2D eigenvalue weighted by Crippen LogP contribution is 2.08. The first-order valence-electron chi connectivity index (χ1n) is 7.59. The minimum Gasteiger partial charge on any atom is -0.445 e. The summed E-state index contributed by atoms with van der Waals surface area (Å²) in [5.41, 5.74) is 0.946. The summed E-state index contributed by atoms with van der Waals surface area (Å²) in [5, 5.41) is 12.5. The Hall–Kier alpha value is -1.59. The fourth-order valence-electron chi connectivity index (χ4n) is 2.48. The summed E-state index contributed by atoms with van der Waals surface area (Å²) in [6.45, 7) is 3.16. The molecule has 2 rings (SSSR count). The molecular weight excluding hydrogens is 268 g/mol. The van der Waals surface area contributed by atoms with Gasteiger partial charge in [0.15, 0.2) is 0 Å². The van der Waals surface area contributed by atoms with E-state index < -0.39 is 12.2 Å². The number of alkyl carbamates (subject to hydrolysis) is 1. The standard InChI is InChI=1S/C16H24N2O3/c19-15(12-18-9-5-2-6-10-18)11-17-16(20)21-13-14-7-3-1-4-8-14/h1,3-4,7-8,15,19H,2,5-6,9-13H2,(H,17,20)/t15-/m0/s1. The number of nitrogens with zero attached hydrogens (tertiary/aromatic N) is 1. The van der Waals surface area contributed by atoms with E-state index in [-0.39, 0.29) is 13.2 Å². The molecule has 0 spiro atoms. The van der Waals surface area contributed by atoms with E-state index in [4.69, 9.17) is 4.74 Å². The summed E-state index contributed by atoms with van der Waals surface area (Å²) in [6.07, 6.45) is 2.62. The molecule has 0 aliphatic carbocycles. The van der Waals surface area contributed by atoms with Crippen molar-refractivity contribution in [2.24, 2.45) is 0 Å². The number of nitrogens with one attached hydrogen (secondary N) is 1. The number of aliphatic hydroxyl groups is 1. The zero-order valence-corrected chi connectivity index (χ0v) is 12.3. The van der Waals surface area contributed by atoms with Gasteiger partial charge in [-0.15, -0.1) is 0 Å². The van der Waals surface area contributed by atoms with Crippen molar-refractivity contribution in [3.63, 3.8) is 0 Å². The molecule has 1 aromatic carbocycles. The van der Waals surface area contributed by atoms with Crippen molar-refractivity contribution in [1.29, 1.82) is 0 Å². The van der Waals surface area contributed by atoms with Crippen LogP contribution in [0, 0.1) is 0 Å². The quantitative estimate of drug-likeness (QED) is 0.838. The lowest BCUT2D eigenvalue weighted by atomic mass is 10.1. The molecule has 116 valence electrons. The molecule has 1 aliphatic heterocycles. The van der Waals surface area contributed by atoms with E-state index in [9.17, 15) is 9.90 Å². The zero-order chi connectivity index (χ0) is 14.9. The Bertz CT molecular complexity index is 419. The van der Waals surface area contributed by atoms with Crippen LogP contribution in [-0.4, -0.2) is 48.4 Å². The Kier molecular flexibility index (Phi) is 6.50. The van der Waals surface area contributed by atoms with Crippen molar-refractivity contribution >= 4 is 6.09 Å². The summed E-state index contributed by atoms with van der Waals surface area (Å²) >= 11 is 0. The monoisotopic (exact) mass is 292 g/mol. The number of hydrogen-bond acceptors (Lipinski definition) is 4. The van der Waals surface area contributed by atoms with Crippen LogP contribution in [0.2, 0.25) is 0 Å². The van der Waals surface area contributed by atoms with Crippen LogP contribution in [0.1, 0.15) is 24.8 Å². The summed E-state index contributed by atoms with van der Waals surface area (Å²) in [5.74, 6) is 0. The average Bonchev–Trinajstić information content (AvgIpc) is 2.53. The maximum absolute atomic E-state index is 11.6. The van der Waals surface area contributed by atoms with Crippen LogP contribution in [0.4, 0.5) is 4.79 Å². The molecule has 1 fully saturated rings. The van der Waals surface area contributed by atoms with Gasteiger partial charge in [0, 0.05) is 13.1 Å². The van der Waals surface area contributed by atoms with Crippen molar-refractivity contribution in [1.82, 2.24) is 10.2 Å². The maximum Gasteiger partial charge on any atom is 0.407 e. The first-order valence-corrected chi connectivity index (χ1v) is 7.59. The zero-order valence-electron chi connectivity index (χ0n) is 12.3. The molecule has 1 saturated heterocycles. The molecule has 5 heteroatoms. The van der Waals surface area contributed by atoms with E-state index in [1.54, 1.807) is 0 Å². The van der Waals surface area contributed by atoms with Crippen LogP contribution in [0.25, 0.3) is 0 Å². The van der Waals surface area contributed by atoms with Gasteiger partial charge in [-0.05, 0) is 31.5 Å². The number of carbonyl (C=O) groups is 1. The molecule has 0 unspecified atom stereocenters. The number of β-amino-alcohol motifs (C(OH)–C–C–N with tert-alkyl or cyclic N) is 1. The van der Waals surface area contributed by atoms with Gasteiger partial charge in [-0.3, -0.25) is 0 Å². The van der Waals surface area contributed by atoms with Crippen molar-refractivity contribution in [3.8, 4) is 0 Å². The maximum atomic E-state index is 11.6. The fourth-order valence-corrected chi connectivity index (χ4v) is 2.48. The molecule has 1 atom stereocenters. The molecule has 0 bridgehead atoms. The third kappa shape index (κ3) is 6.14.